The number of fused-ring (bicyclic) bond motifs is 3. The number of carbonyl (C=O) groups is 1. The SMILES string of the molecule is Cc1ccc(C(=O)Nc2cccc(-c3nc4c(ccc5ccccc54)o3)c2)c(Cl)c1. The lowest BCUT2D eigenvalue weighted by atomic mass is 10.1. The van der Waals surface area contributed by atoms with Crippen LogP contribution in [0.25, 0.3) is 33.3 Å². The summed E-state index contributed by atoms with van der Waals surface area (Å²) >= 11 is 6.22. The van der Waals surface area contributed by atoms with Gasteiger partial charge in [-0.15, -0.1) is 0 Å². The molecule has 0 unspecified atom stereocenters. The molecule has 146 valence electrons. The highest BCUT2D eigenvalue weighted by Crippen LogP contribution is 2.30. The van der Waals surface area contributed by atoms with Crippen molar-refractivity contribution in [1.29, 1.82) is 0 Å². The van der Waals surface area contributed by atoms with Gasteiger partial charge in [0.15, 0.2) is 5.58 Å². The number of benzene rings is 4. The Morgan fingerprint density at radius 1 is 0.967 bits per heavy atom. The number of aryl methyl sites for hydroxylation is 1. The molecule has 0 spiro atoms. The maximum Gasteiger partial charge on any atom is 0.257 e. The van der Waals surface area contributed by atoms with Crippen LogP contribution < -0.4 is 5.32 Å². The first-order valence-corrected chi connectivity index (χ1v) is 9.92. The van der Waals surface area contributed by atoms with Gasteiger partial charge in [-0.25, -0.2) is 4.98 Å². The first-order valence-electron chi connectivity index (χ1n) is 9.55. The van der Waals surface area contributed by atoms with E-state index in [-0.39, 0.29) is 5.91 Å². The molecular weight excluding hydrogens is 396 g/mol. The fourth-order valence-electron chi connectivity index (χ4n) is 3.52. The van der Waals surface area contributed by atoms with E-state index in [0.717, 1.165) is 33.0 Å². The summed E-state index contributed by atoms with van der Waals surface area (Å²) < 4.78 is 5.99. The van der Waals surface area contributed by atoms with E-state index in [2.05, 4.69) is 11.4 Å². The van der Waals surface area contributed by atoms with E-state index in [1.165, 1.54) is 0 Å². The first-order chi connectivity index (χ1) is 14.6. The number of oxazole rings is 1. The number of nitrogens with zero attached hydrogens (tertiary/aromatic N) is 1. The predicted molar refractivity (Wildman–Crippen MR) is 121 cm³/mol. The minimum absolute atomic E-state index is 0.263. The van der Waals surface area contributed by atoms with Crippen LogP contribution in [0.3, 0.4) is 0 Å². The Hall–Kier alpha value is -3.63. The van der Waals surface area contributed by atoms with E-state index in [4.69, 9.17) is 21.0 Å². The zero-order valence-corrected chi connectivity index (χ0v) is 16.9. The van der Waals surface area contributed by atoms with Crippen LogP contribution in [0.15, 0.2) is 83.3 Å². The second kappa shape index (κ2) is 7.32. The topological polar surface area (TPSA) is 55.1 Å². The third-order valence-corrected chi connectivity index (χ3v) is 5.33. The fraction of sp³-hybridized carbons (Fsp3) is 0.0400. The van der Waals surface area contributed by atoms with E-state index >= 15 is 0 Å². The van der Waals surface area contributed by atoms with Crippen molar-refractivity contribution in [3.05, 3.63) is 95.0 Å². The van der Waals surface area contributed by atoms with Gasteiger partial charge in [0.25, 0.3) is 5.91 Å². The van der Waals surface area contributed by atoms with Gasteiger partial charge in [0.1, 0.15) is 5.52 Å². The molecule has 0 fully saturated rings. The third kappa shape index (κ3) is 3.31. The van der Waals surface area contributed by atoms with Crippen LogP contribution in [0.2, 0.25) is 5.02 Å². The van der Waals surface area contributed by atoms with Crippen molar-refractivity contribution in [3.63, 3.8) is 0 Å². The molecule has 0 aliphatic rings. The maximum atomic E-state index is 12.6. The van der Waals surface area contributed by atoms with Gasteiger partial charge in [0.2, 0.25) is 5.89 Å². The van der Waals surface area contributed by atoms with Crippen molar-refractivity contribution >= 4 is 45.1 Å². The number of halogens is 1. The van der Waals surface area contributed by atoms with Gasteiger partial charge in [-0.2, -0.15) is 0 Å². The van der Waals surface area contributed by atoms with Crippen molar-refractivity contribution in [2.45, 2.75) is 6.92 Å². The van der Waals surface area contributed by atoms with Gasteiger partial charge in [0, 0.05) is 16.6 Å². The van der Waals surface area contributed by atoms with Crippen LogP contribution in [0, 0.1) is 6.92 Å². The number of hydrogen-bond acceptors (Lipinski definition) is 3. The van der Waals surface area contributed by atoms with Gasteiger partial charge in [-0.3, -0.25) is 4.79 Å². The molecule has 4 nitrogen and oxygen atoms in total. The maximum absolute atomic E-state index is 12.6. The van der Waals surface area contributed by atoms with Crippen LogP contribution in [0.1, 0.15) is 15.9 Å². The van der Waals surface area contributed by atoms with Crippen LogP contribution in [-0.2, 0) is 0 Å². The molecule has 1 N–H and O–H groups in total. The largest absolute Gasteiger partial charge is 0.436 e. The monoisotopic (exact) mass is 412 g/mol. The number of rotatable bonds is 3. The molecule has 0 aliphatic heterocycles. The number of nitrogens with one attached hydrogen (secondary N) is 1. The molecule has 0 atom stereocenters. The molecule has 0 bridgehead atoms. The molecule has 5 rings (SSSR count). The van der Waals surface area contributed by atoms with E-state index in [1.54, 1.807) is 12.1 Å². The molecule has 5 aromatic rings. The van der Waals surface area contributed by atoms with Crippen molar-refractivity contribution in [2.24, 2.45) is 0 Å². The molecule has 4 aromatic carbocycles. The average Bonchev–Trinajstić information content (AvgIpc) is 3.19. The smallest absolute Gasteiger partial charge is 0.257 e. The molecule has 1 aromatic heterocycles. The van der Waals surface area contributed by atoms with Gasteiger partial charge < -0.3 is 9.73 Å². The Morgan fingerprint density at radius 2 is 1.83 bits per heavy atom. The summed E-state index contributed by atoms with van der Waals surface area (Å²) in [5.74, 6) is 0.242. The van der Waals surface area contributed by atoms with E-state index < -0.39 is 0 Å². The summed E-state index contributed by atoms with van der Waals surface area (Å²) in [6.45, 7) is 1.93. The molecule has 0 saturated carbocycles. The van der Waals surface area contributed by atoms with Crippen LogP contribution in [0.4, 0.5) is 5.69 Å². The quantitative estimate of drug-likeness (QED) is 0.352. The molecule has 1 amide bonds. The minimum Gasteiger partial charge on any atom is -0.436 e. The molecule has 1 heterocycles. The second-order valence-corrected chi connectivity index (χ2v) is 7.58. The molecular formula is C25H17ClN2O2. The van der Waals surface area contributed by atoms with Crippen LogP contribution in [0.5, 0.6) is 0 Å². The predicted octanol–water partition coefficient (Wildman–Crippen LogP) is 6.86. The molecule has 30 heavy (non-hydrogen) atoms. The van der Waals surface area contributed by atoms with Gasteiger partial charge in [-0.05, 0) is 54.3 Å². The zero-order chi connectivity index (χ0) is 20.7. The Kier molecular flexibility index (Phi) is 4.49. The Balaban J connectivity index is 1.49. The van der Waals surface area contributed by atoms with Crippen LogP contribution in [-0.4, -0.2) is 10.9 Å². The highest BCUT2D eigenvalue weighted by atomic mass is 35.5. The summed E-state index contributed by atoms with van der Waals surface area (Å²) in [6, 6.07) is 24.8. The summed E-state index contributed by atoms with van der Waals surface area (Å²) in [6.07, 6.45) is 0. The van der Waals surface area contributed by atoms with Gasteiger partial charge >= 0.3 is 0 Å². The Morgan fingerprint density at radius 3 is 2.70 bits per heavy atom. The van der Waals surface area contributed by atoms with Crippen molar-refractivity contribution < 1.29 is 9.21 Å². The van der Waals surface area contributed by atoms with Crippen molar-refractivity contribution in [3.8, 4) is 11.5 Å². The second-order valence-electron chi connectivity index (χ2n) is 7.17. The Labute approximate surface area is 178 Å². The normalized spacial score (nSPS) is 11.1. The van der Waals surface area contributed by atoms with Gasteiger partial charge in [0.05, 0.1) is 10.6 Å². The molecule has 0 radical (unpaired) electrons. The highest BCUT2D eigenvalue weighted by Gasteiger charge is 2.14. The number of amides is 1. The zero-order valence-electron chi connectivity index (χ0n) is 16.1. The molecule has 0 saturated heterocycles. The summed E-state index contributed by atoms with van der Waals surface area (Å²) in [4.78, 5) is 17.4. The number of anilines is 1. The summed E-state index contributed by atoms with van der Waals surface area (Å²) in [5.41, 5.74) is 4.40. The summed E-state index contributed by atoms with van der Waals surface area (Å²) in [7, 11) is 0. The van der Waals surface area contributed by atoms with E-state index in [9.17, 15) is 4.79 Å². The minimum atomic E-state index is -0.263. The fourth-order valence-corrected chi connectivity index (χ4v) is 3.84. The lowest BCUT2D eigenvalue weighted by Crippen LogP contribution is -2.12. The number of aromatic nitrogens is 1. The lowest BCUT2D eigenvalue weighted by molar-refractivity contribution is 0.102. The number of carbonyl (C=O) groups excluding carboxylic acids is 1. The van der Waals surface area contributed by atoms with Crippen molar-refractivity contribution in [1.82, 2.24) is 4.98 Å². The first kappa shape index (κ1) is 18.4. The standard InChI is InChI=1S/C25H17ClN2O2/c1-15-9-11-20(21(26)13-15)24(29)27-18-7-4-6-17(14-18)25-28-23-19-8-3-2-5-16(19)10-12-22(23)30-25/h2-14H,1H3,(H,27,29). The van der Waals surface area contributed by atoms with Crippen LogP contribution >= 0.6 is 11.6 Å². The third-order valence-electron chi connectivity index (χ3n) is 5.02. The van der Waals surface area contributed by atoms with E-state index in [0.29, 0.717) is 22.2 Å². The Bertz CT molecular complexity index is 1420. The molecule has 5 heteroatoms. The average molecular weight is 413 g/mol. The van der Waals surface area contributed by atoms with Gasteiger partial charge in [-0.1, -0.05) is 54.1 Å². The van der Waals surface area contributed by atoms with Crippen molar-refractivity contribution in [2.75, 3.05) is 5.32 Å². The highest BCUT2D eigenvalue weighted by molar-refractivity contribution is 6.34. The lowest BCUT2D eigenvalue weighted by Gasteiger charge is -2.08. The summed E-state index contributed by atoms with van der Waals surface area (Å²) in [5, 5.41) is 5.48. The molecule has 0 aliphatic carbocycles. The van der Waals surface area contributed by atoms with E-state index in [1.807, 2.05) is 67.6 Å². The number of hydrogen-bond donors (Lipinski definition) is 1.